The molecule has 0 aliphatic heterocycles. The average Bonchev–Trinajstić information content (AvgIpc) is 1.88. The lowest BCUT2D eigenvalue weighted by Gasteiger charge is -1.96. The van der Waals surface area contributed by atoms with E-state index in [9.17, 15) is 0 Å². The van der Waals surface area contributed by atoms with Crippen molar-refractivity contribution in [1.29, 1.82) is 0 Å². The van der Waals surface area contributed by atoms with Gasteiger partial charge in [0, 0.05) is 11.8 Å². The third-order valence-electron chi connectivity index (χ3n) is 1.38. The van der Waals surface area contributed by atoms with Crippen molar-refractivity contribution in [2.75, 3.05) is 0 Å². The van der Waals surface area contributed by atoms with Crippen LogP contribution in [0.3, 0.4) is 0 Å². The Morgan fingerprint density at radius 2 is 2.40 bits per heavy atom. The molecule has 0 fully saturated rings. The topological polar surface area (TPSA) is 28.7 Å². The van der Waals surface area contributed by atoms with Gasteiger partial charge < -0.3 is 4.98 Å². The van der Waals surface area contributed by atoms with Crippen LogP contribution in [0.15, 0.2) is 6.20 Å². The predicted molar refractivity (Wildman–Crippen MR) is 43.5 cm³/mol. The molecule has 54 valence electrons. The van der Waals surface area contributed by atoms with Crippen molar-refractivity contribution in [3.8, 4) is 0 Å². The molecule has 0 saturated carbocycles. The molecule has 0 aliphatic carbocycles. The Morgan fingerprint density at radius 3 is 2.90 bits per heavy atom. The highest BCUT2D eigenvalue weighted by Crippen LogP contribution is 1.99. The predicted octanol–water partition coefficient (Wildman–Crippen LogP) is 2.01. The molecule has 0 atom stereocenters. The molecule has 2 nitrogen and oxygen atoms in total. The van der Waals surface area contributed by atoms with E-state index in [1.165, 1.54) is 0 Å². The van der Waals surface area contributed by atoms with Gasteiger partial charge >= 0.3 is 0 Å². The normalized spacial score (nSPS) is 9.80. The molecule has 0 bridgehead atoms. The lowest BCUT2D eigenvalue weighted by atomic mass is 10.3. The standard InChI is InChI=1S/C7H10N2S/c1-3-6-4-8-5(2)9-7(6)10/h4H,3H2,1-2H3,(H,8,9,10). The van der Waals surface area contributed by atoms with Crippen molar-refractivity contribution in [2.24, 2.45) is 0 Å². The summed E-state index contributed by atoms with van der Waals surface area (Å²) in [5, 5.41) is 0. The van der Waals surface area contributed by atoms with E-state index in [1.54, 1.807) is 0 Å². The van der Waals surface area contributed by atoms with Crippen molar-refractivity contribution < 1.29 is 0 Å². The van der Waals surface area contributed by atoms with Crippen molar-refractivity contribution in [1.82, 2.24) is 9.97 Å². The molecular formula is C7H10N2S. The molecule has 0 unspecified atom stereocenters. The quantitative estimate of drug-likeness (QED) is 0.627. The zero-order valence-electron chi connectivity index (χ0n) is 6.14. The molecular weight excluding hydrogens is 144 g/mol. The minimum atomic E-state index is 0.815. The van der Waals surface area contributed by atoms with E-state index < -0.39 is 0 Å². The molecule has 0 amide bonds. The fourth-order valence-corrected chi connectivity index (χ4v) is 1.11. The van der Waals surface area contributed by atoms with Gasteiger partial charge in [-0.05, 0) is 13.3 Å². The number of aromatic amines is 1. The van der Waals surface area contributed by atoms with Crippen molar-refractivity contribution in [3.05, 3.63) is 22.2 Å². The zero-order chi connectivity index (χ0) is 7.56. The Hall–Kier alpha value is -0.700. The van der Waals surface area contributed by atoms with Gasteiger partial charge in [0.1, 0.15) is 10.5 Å². The molecule has 1 aromatic rings. The van der Waals surface area contributed by atoms with E-state index in [4.69, 9.17) is 12.2 Å². The largest absolute Gasteiger partial charge is 0.335 e. The van der Waals surface area contributed by atoms with Gasteiger partial charge in [0.05, 0.1) is 0 Å². The van der Waals surface area contributed by atoms with E-state index >= 15 is 0 Å². The van der Waals surface area contributed by atoms with Crippen LogP contribution in [0.25, 0.3) is 0 Å². The number of nitrogens with zero attached hydrogens (tertiary/aromatic N) is 1. The molecule has 0 aliphatic rings. The van der Waals surface area contributed by atoms with Crippen LogP contribution in [0.4, 0.5) is 0 Å². The Balaban J connectivity index is 3.20. The summed E-state index contributed by atoms with van der Waals surface area (Å²) in [6, 6.07) is 0. The van der Waals surface area contributed by atoms with E-state index in [2.05, 4.69) is 16.9 Å². The summed E-state index contributed by atoms with van der Waals surface area (Å²) in [5.74, 6) is 0.877. The van der Waals surface area contributed by atoms with Crippen molar-refractivity contribution in [2.45, 2.75) is 20.3 Å². The van der Waals surface area contributed by atoms with Crippen LogP contribution in [0.1, 0.15) is 18.3 Å². The van der Waals surface area contributed by atoms with Crippen molar-refractivity contribution in [3.63, 3.8) is 0 Å². The van der Waals surface area contributed by atoms with E-state index in [0.29, 0.717) is 0 Å². The maximum Gasteiger partial charge on any atom is 0.109 e. The monoisotopic (exact) mass is 154 g/mol. The first-order chi connectivity index (χ1) is 4.74. The smallest absolute Gasteiger partial charge is 0.109 e. The maximum absolute atomic E-state index is 5.04. The Kier molecular flexibility index (Phi) is 2.17. The Labute approximate surface area is 65.3 Å². The lowest BCUT2D eigenvalue weighted by Crippen LogP contribution is -1.91. The van der Waals surface area contributed by atoms with Crippen LogP contribution in [0.5, 0.6) is 0 Å². The first kappa shape index (κ1) is 7.41. The van der Waals surface area contributed by atoms with Gasteiger partial charge in [0.15, 0.2) is 0 Å². The second-order valence-corrected chi connectivity index (χ2v) is 2.58. The number of rotatable bonds is 1. The number of hydrogen-bond donors (Lipinski definition) is 1. The average molecular weight is 154 g/mol. The minimum absolute atomic E-state index is 0.815. The second-order valence-electron chi connectivity index (χ2n) is 2.18. The molecule has 1 heterocycles. The summed E-state index contributed by atoms with van der Waals surface area (Å²) in [6.45, 7) is 3.96. The van der Waals surface area contributed by atoms with Gasteiger partial charge in [-0.15, -0.1) is 0 Å². The van der Waals surface area contributed by atoms with Gasteiger partial charge in [-0.2, -0.15) is 0 Å². The second kappa shape index (κ2) is 2.92. The van der Waals surface area contributed by atoms with Crippen LogP contribution in [-0.4, -0.2) is 9.97 Å². The summed E-state index contributed by atoms with van der Waals surface area (Å²) in [4.78, 5) is 7.08. The first-order valence-electron chi connectivity index (χ1n) is 3.29. The third kappa shape index (κ3) is 1.42. The molecule has 0 spiro atoms. The molecule has 0 aromatic carbocycles. The molecule has 10 heavy (non-hydrogen) atoms. The fourth-order valence-electron chi connectivity index (χ4n) is 0.762. The van der Waals surface area contributed by atoms with Crippen LogP contribution in [-0.2, 0) is 6.42 Å². The van der Waals surface area contributed by atoms with Crippen LogP contribution in [0.2, 0.25) is 0 Å². The van der Waals surface area contributed by atoms with Gasteiger partial charge in [-0.25, -0.2) is 4.98 Å². The fraction of sp³-hybridized carbons (Fsp3) is 0.429. The highest BCUT2D eigenvalue weighted by Gasteiger charge is 1.91. The van der Waals surface area contributed by atoms with Crippen LogP contribution < -0.4 is 0 Å². The molecule has 3 heteroatoms. The highest BCUT2D eigenvalue weighted by molar-refractivity contribution is 7.71. The van der Waals surface area contributed by atoms with Crippen LogP contribution in [0, 0.1) is 11.6 Å². The van der Waals surface area contributed by atoms with Crippen molar-refractivity contribution >= 4 is 12.2 Å². The van der Waals surface area contributed by atoms with Gasteiger partial charge in [-0.3, -0.25) is 0 Å². The molecule has 1 N–H and O–H groups in total. The van der Waals surface area contributed by atoms with E-state index in [1.807, 2.05) is 13.1 Å². The molecule has 0 radical (unpaired) electrons. The third-order valence-corrected chi connectivity index (χ3v) is 1.75. The van der Waals surface area contributed by atoms with E-state index in [-0.39, 0.29) is 0 Å². The number of nitrogens with one attached hydrogen (secondary N) is 1. The number of hydrogen-bond acceptors (Lipinski definition) is 2. The number of aromatic nitrogens is 2. The highest BCUT2D eigenvalue weighted by atomic mass is 32.1. The molecule has 1 rings (SSSR count). The van der Waals surface area contributed by atoms with Gasteiger partial charge in [-0.1, -0.05) is 19.1 Å². The molecule has 1 aromatic heterocycles. The molecule has 0 saturated heterocycles. The number of H-pyrrole nitrogens is 1. The Bertz CT molecular complexity index is 277. The summed E-state index contributed by atoms with van der Waals surface area (Å²) in [5.41, 5.74) is 1.11. The van der Waals surface area contributed by atoms with Gasteiger partial charge in [0.2, 0.25) is 0 Å². The first-order valence-corrected chi connectivity index (χ1v) is 3.69. The lowest BCUT2D eigenvalue weighted by molar-refractivity contribution is 0.976. The summed E-state index contributed by atoms with van der Waals surface area (Å²) < 4.78 is 0.815. The van der Waals surface area contributed by atoms with Gasteiger partial charge in [0.25, 0.3) is 0 Å². The van der Waals surface area contributed by atoms with Crippen LogP contribution >= 0.6 is 12.2 Å². The summed E-state index contributed by atoms with van der Waals surface area (Å²) >= 11 is 5.04. The Morgan fingerprint density at radius 1 is 1.70 bits per heavy atom. The SMILES string of the molecule is CCc1cnc(C)[nH]c1=S. The number of aryl methyl sites for hydroxylation is 2. The summed E-state index contributed by atoms with van der Waals surface area (Å²) in [7, 11) is 0. The summed E-state index contributed by atoms with van der Waals surface area (Å²) in [6.07, 6.45) is 2.77. The maximum atomic E-state index is 5.04. The minimum Gasteiger partial charge on any atom is -0.335 e. The van der Waals surface area contributed by atoms with E-state index in [0.717, 1.165) is 22.4 Å². The zero-order valence-corrected chi connectivity index (χ0v) is 6.96.